The Morgan fingerprint density at radius 1 is 1.24 bits per heavy atom. The zero-order valence-electron chi connectivity index (χ0n) is 15.0. The molecule has 1 unspecified atom stereocenters. The highest BCUT2D eigenvalue weighted by molar-refractivity contribution is 5.68. The van der Waals surface area contributed by atoms with Gasteiger partial charge in [0.25, 0.3) is 0 Å². The van der Waals surface area contributed by atoms with Crippen LogP contribution in [0, 0.1) is 5.92 Å². The monoisotopic (exact) mass is 298 g/mol. The van der Waals surface area contributed by atoms with Crippen LogP contribution in [0.1, 0.15) is 67.7 Å². The summed E-state index contributed by atoms with van der Waals surface area (Å²) in [5.41, 5.74) is -0.734. The molecule has 1 fully saturated rings. The average molecular weight is 298 g/mol. The number of rotatable bonds is 4. The number of ether oxygens (including phenoxy) is 1. The second-order valence-electron chi connectivity index (χ2n) is 8.25. The third kappa shape index (κ3) is 6.25. The van der Waals surface area contributed by atoms with Gasteiger partial charge in [0.15, 0.2) is 0 Å². The third-order valence-electron chi connectivity index (χ3n) is 3.87. The van der Waals surface area contributed by atoms with E-state index in [-0.39, 0.29) is 11.6 Å². The fourth-order valence-electron chi connectivity index (χ4n) is 3.15. The molecule has 4 heteroatoms. The molecule has 0 aliphatic carbocycles. The Kier molecular flexibility index (Phi) is 6.09. The van der Waals surface area contributed by atoms with E-state index in [0.29, 0.717) is 12.0 Å². The van der Waals surface area contributed by atoms with Crippen LogP contribution in [0.2, 0.25) is 0 Å². The SMILES string of the molecule is CC(C)CN1CCCCC1C(C)(C)NC(=O)OC(C)(C)C. The van der Waals surface area contributed by atoms with E-state index in [1.807, 2.05) is 20.8 Å². The number of carbonyl (C=O) groups excluding carboxylic acids is 1. The first-order valence-corrected chi connectivity index (χ1v) is 8.26. The van der Waals surface area contributed by atoms with Gasteiger partial charge in [-0.3, -0.25) is 4.90 Å². The molecule has 0 radical (unpaired) electrons. The van der Waals surface area contributed by atoms with Crippen molar-refractivity contribution in [2.24, 2.45) is 5.92 Å². The lowest BCUT2D eigenvalue weighted by Gasteiger charge is -2.46. The zero-order chi connectivity index (χ0) is 16.3. The first-order valence-electron chi connectivity index (χ1n) is 8.26. The number of piperidine rings is 1. The minimum absolute atomic E-state index is 0.280. The molecule has 0 spiro atoms. The number of nitrogens with one attached hydrogen (secondary N) is 1. The summed E-state index contributed by atoms with van der Waals surface area (Å²) in [6, 6.07) is 0.376. The van der Waals surface area contributed by atoms with Gasteiger partial charge in [0.05, 0.1) is 5.54 Å². The highest BCUT2D eigenvalue weighted by Crippen LogP contribution is 2.27. The topological polar surface area (TPSA) is 41.6 Å². The highest BCUT2D eigenvalue weighted by Gasteiger charge is 2.37. The van der Waals surface area contributed by atoms with Crippen molar-refractivity contribution < 1.29 is 9.53 Å². The van der Waals surface area contributed by atoms with Gasteiger partial charge >= 0.3 is 6.09 Å². The lowest BCUT2D eigenvalue weighted by atomic mass is 9.85. The minimum atomic E-state index is -0.454. The Labute approximate surface area is 130 Å². The largest absolute Gasteiger partial charge is 0.444 e. The van der Waals surface area contributed by atoms with Gasteiger partial charge in [-0.15, -0.1) is 0 Å². The Bertz CT molecular complexity index is 345. The summed E-state index contributed by atoms with van der Waals surface area (Å²) < 4.78 is 5.41. The molecule has 0 aromatic heterocycles. The van der Waals surface area contributed by atoms with Crippen LogP contribution in [-0.2, 0) is 4.74 Å². The highest BCUT2D eigenvalue weighted by atomic mass is 16.6. The Hall–Kier alpha value is -0.770. The second kappa shape index (κ2) is 6.99. The summed E-state index contributed by atoms with van der Waals surface area (Å²) >= 11 is 0. The van der Waals surface area contributed by atoms with E-state index < -0.39 is 5.60 Å². The van der Waals surface area contributed by atoms with Crippen molar-refractivity contribution >= 4 is 6.09 Å². The summed E-state index contributed by atoms with van der Waals surface area (Å²) in [5.74, 6) is 0.642. The number of amides is 1. The van der Waals surface area contributed by atoms with Gasteiger partial charge in [-0.05, 0) is 59.9 Å². The number of likely N-dealkylation sites (tertiary alicyclic amines) is 1. The molecule has 1 amide bonds. The van der Waals surface area contributed by atoms with Gasteiger partial charge in [-0.2, -0.15) is 0 Å². The summed E-state index contributed by atoms with van der Waals surface area (Å²) in [6.45, 7) is 16.6. The van der Waals surface area contributed by atoms with Crippen LogP contribution in [-0.4, -0.2) is 41.3 Å². The second-order valence-corrected chi connectivity index (χ2v) is 8.25. The molecule has 0 aromatic carbocycles. The average Bonchev–Trinajstić information content (AvgIpc) is 2.24. The van der Waals surface area contributed by atoms with Crippen molar-refractivity contribution in [2.45, 2.75) is 84.9 Å². The predicted octanol–water partition coefficient (Wildman–Crippen LogP) is 3.80. The van der Waals surface area contributed by atoms with Gasteiger partial charge in [-0.1, -0.05) is 20.3 Å². The maximum atomic E-state index is 12.1. The van der Waals surface area contributed by atoms with Gasteiger partial charge in [-0.25, -0.2) is 4.79 Å². The first-order chi connectivity index (χ1) is 9.51. The maximum absolute atomic E-state index is 12.1. The Morgan fingerprint density at radius 2 is 1.86 bits per heavy atom. The van der Waals surface area contributed by atoms with Crippen LogP contribution in [0.4, 0.5) is 4.79 Å². The molecule has 124 valence electrons. The van der Waals surface area contributed by atoms with E-state index in [1.165, 1.54) is 12.8 Å². The van der Waals surface area contributed by atoms with E-state index in [1.54, 1.807) is 0 Å². The van der Waals surface area contributed by atoms with E-state index in [9.17, 15) is 4.79 Å². The third-order valence-corrected chi connectivity index (χ3v) is 3.87. The number of nitrogens with zero attached hydrogens (tertiary/aromatic N) is 1. The van der Waals surface area contributed by atoms with Gasteiger partial charge in [0, 0.05) is 12.6 Å². The summed E-state index contributed by atoms with van der Waals surface area (Å²) in [7, 11) is 0. The van der Waals surface area contributed by atoms with Gasteiger partial charge in [0.1, 0.15) is 5.60 Å². The van der Waals surface area contributed by atoms with Crippen LogP contribution in [0.3, 0.4) is 0 Å². The molecule has 1 saturated heterocycles. The molecule has 1 N–H and O–H groups in total. The Morgan fingerprint density at radius 3 is 2.38 bits per heavy atom. The van der Waals surface area contributed by atoms with Crippen molar-refractivity contribution in [2.75, 3.05) is 13.1 Å². The molecule has 1 aliphatic heterocycles. The van der Waals surface area contributed by atoms with E-state index in [0.717, 1.165) is 19.5 Å². The minimum Gasteiger partial charge on any atom is -0.444 e. The number of hydrogen-bond acceptors (Lipinski definition) is 3. The molecule has 21 heavy (non-hydrogen) atoms. The molecule has 1 aliphatic rings. The van der Waals surface area contributed by atoms with Crippen LogP contribution in [0.25, 0.3) is 0 Å². The fraction of sp³-hybridized carbons (Fsp3) is 0.941. The van der Waals surface area contributed by atoms with Gasteiger partial charge < -0.3 is 10.1 Å². The van der Waals surface area contributed by atoms with Crippen molar-refractivity contribution in [3.63, 3.8) is 0 Å². The quantitative estimate of drug-likeness (QED) is 0.858. The summed E-state index contributed by atoms with van der Waals surface area (Å²) in [6.07, 6.45) is 3.31. The van der Waals surface area contributed by atoms with Crippen molar-refractivity contribution in [1.29, 1.82) is 0 Å². The van der Waals surface area contributed by atoms with E-state index in [4.69, 9.17) is 4.74 Å². The first kappa shape index (κ1) is 18.3. The summed E-state index contributed by atoms with van der Waals surface area (Å²) in [5, 5.41) is 3.08. The molecule has 0 aromatic rings. The molecule has 4 nitrogen and oxygen atoms in total. The number of hydrogen-bond donors (Lipinski definition) is 1. The van der Waals surface area contributed by atoms with Crippen LogP contribution < -0.4 is 5.32 Å². The van der Waals surface area contributed by atoms with Crippen molar-refractivity contribution in [3.8, 4) is 0 Å². The van der Waals surface area contributed by atoms with Crippen molar-refractivity contribution in [1.82, 2.24) is 10.2 Å². The van der Waals surface area contributed by atoms with E-state index >= 15 is 0 Å². The molecule has 1 rings (SSSR count). The van der Waals surface area contributed by atoms with Crippen molar-refractivity contribution in [3.05, 3.63) is 0 Å². The molecule has 1 heterocycles. The maximum Gasteiger partial charge on any atom is 0.408 e. The lowest BCUT2D eigenvalue weighted by Crippen LogP contribution is -2.61. The van der Waals surface area contributed by atoms with Crippen LogP contribution >= 0.6 is 0 Å². The number of alkyl carbamates (subject to hydrolysis) is 1. The standard InChI is InChI=1S/C17H34N2O2/c1-13(2)12-19-11-9-8-10-14(19)17(6,7)18-15(20)21-16(3,4)5/h13-14H,8-12H2,1-7H3,(H,18,20). The summed E-state index contributed by atoms with van der Waals surface area (Å²) in [4.78, 5) is 14.6. The van der Waals surface area contributed by atoms with Crippen LogP contribution in [0.5, 0.6) is 0 Å². The van der Waals surface area contributed by atoms with E-state index in [2.05, 4.69) is 37.9 Å². The molecule has 0 bridgehead atoms. The molecular weight excluding hydrogens is 264 g/mol. The smallest absolute Gasteiger partial charge is 0.408 e. The zero-order valence-corrected chi connectivity index (χ0v) is 15.0. The molecule has 1 atom stereocenters. The molecular formula is C17H34N2O2. The Balaban J connectivity index is 2.71. The van der Waals surface area contributed by atoms with Gasteiger partial charge in [0.2, 0.25) is 0 Å². The van der Waals surface area contributed by atoms with Crippen LogP contribution in [0.15, 0.2) is 0 Å². The lowest BCUT2D eigenvalue weighted by molar-refractivity contribution is 0.0293. The molecule has 0 saturated carbocycles. The normalized spacial score (nSPS) is 21.4. The number of carbonyl (C=O) groups is 1. The predicted molar refractivity (Wildman–Crippen MR) is 87.5 cm³/mol. The fourth-order valence-corrected chi connectivity index (χ4v) is 3.15.